The Morgan fingerprint density at radius 2 is 2.29 bits per heavy atom. The number of thiazole rings is 1. The largest absolute Gasteiger partial charge is 0.353 e. The van der Waals surface area contributed by atoms with E-state index < -0.39 is 0 Å². The third kappa shape index (κ3) is 3.55. The number of anilines is 1. The number of carbonyl (C=O) groups excluding carboxylic acids is 1. The molecule has 6 heteroatoms. The first kappa shape index (κ1) is 16.2. The molecule has 0 bridgehead atoms. The minimum atomic E-state index is -0.0870. The number of hydrogen-bond donors (Lipinski definition) is 2. The van der Waals surface area contributed by atoms with Gasteiger partial charge in [-0.1, -0.05) is 25.2 Å². The van der Waals surface area contributed by atoms with Crippen LogP contribution in [0.2, 0.25) is 0 Å². The topological polar surface area (TPSA) is 57.3 Å². The zero-order valence-electron chi connectivity index (χ0n) is 13.4. The highest BCUT2D eigenvalue weighted by atomic mass is 32.1. The van der Waals surface area contributed by atoms with Crippen molar-refractivity contribution in [3.05, 3.63) is 10.6 Å². The van der Waals surface area contributed by atoms with Gasteiger partial charge in [0.1, 0.15) is 6.04 Å². The van der Waals surface area contributed by atoms with E-state index in [1.54, 1.807) is 11.3 Å². The molecule has 2 unspecified atom stereocenters. The van der Waals surface area contributed by atoms with Crippen LogP contribution in [0, 0.1) is 6.92 Å². The van der Waals surface area contributed by atoms with E-state index in [0.717, 1.165) is 36.8 Å². The quantitative estimate of drug-likeness (QED) is 0.846. The van der Waals surface area contributed by atoms with Crippen molar-refractivity contribution in [3.8, 4) is 0 Å². The molecule has 2 heterocycles. The van der Waals surface area contributed by atoms with Gasteiger partial charge in [-0.05, 0) is 33.2 Å². The number of piperazine rings is 1. The minimum absolute atomic E-state index is 0.0870. The molecule has 1 amide bonds. The number of aryl methyl sites for hydroxylation is 1. The van der Waals surface area contributed by atoms with E-state index in [0.29, 0.717) is 12.6 Å². The van der Waals surface area contributed by atoms with Gasteiger partial charge < -0.3 is 15.5 Å². The summed E-state index contributed by atoms with van der Waals surface area (Å²) in [5.74, 6) is 0.121. The second-order valence-electron chi connectivity index (χ2n) is 5.53. The van der Waals surface area contributed by atoms with Gasteiger partial charge in [-0.3, -0.25) is 4.79 Å². The predicted molar refractivity (Wildman–Crippen MR) is 88.0 cm³/mol. The van der Waals surface area contributed by atoms with E-state index in [1.807, 2.05) is 0 Å². The summed E-state index contributed by atoms with van der Waals surface area (Å²) in [6.45, 7) is 11.0. The summed E-state index contributed by atoms with van der Waals surface area (Å²) >= 11 is 1.72. The minimum Gasteiger partial charge on any atom is -0.353 e. The molecule has 2 N–H and O–H groups in total. The third-order valence-corrected chi connectivity index (χ3v) is 5.26. The van der Waals surface area contributed by atoms with Gasteiger partial charge in [0.15, 0.2) is 5.13 Å². The smallest absolute Gasteiger partial charge is 0.242 e. The van der Waals surface area contributed by atoms with E-state index in [-0.39, 0.29) is 11.9 Å². The molecular weight excluding hydrogens is 284 g/mol. The van der Waals surface area contributed by atoms with E-state index in [9.17, 15) is 4.79 Å². The van der Waals surface area contributed by atoms with Crippen LogP contribution in [0.5, 0.6) is 0 Å². The first-order valence-electron chi connectivity index (χ1n) is 7.83. The first-order valence-corrected chi connectivity index (χ1v) is 8.65. The van der Waals surface area contributed by atoms with Crippen molar-refractivity contribution in [1.82, 2.24) is 15.6 Å². The van der Waals surface area contributed by atoms with Crippen LogP contribution >= 0.6 is 11.3 Å². The Kier molecular flexibility index (Phi) is 5.58. The standard InChI is InChI=1S/C15H26N4OS/c1-5-7-16-10(3)13-11(4)18-15(21-13)19-9-8-17-14(20)12(19)6-2/h10,12,16H,5-9H2,1-4H3,(H,17,20). The van der Waals surface area contributed by atoms with Gasteiger partial charge in [0, 0.05) is 24.0 Å². The molecule has 1 aromatic rings. The predicted octanol–water partition coefficient (Wildman–Crippen LogP) is 2.23. The van der Waals surface area contributed by atoms with E-state index in [4.69, 9.17) is 4.98 Å². The van der Waals surface area contributed by atoms with Gasteiger partial charge in [0.05, 0.1) is 5.69 Å². The molecule has 1 fully saturated rings. The number of rotatable bonds is 6. The first-order chi connectivity index (χ1) is 10.1. The number of amides is 1. The third-order valence-electron chi connectivity index (χ3n) is 3.88. The van der Waals surface area contributed by atoms with Crippen LogP contribution in [0.15, 0.2) is 0 Å². The number of aromatic nitrogens is 1. The molecule has 0 radical (unpaired) electrons. The van der Waals surface area contributed by atoms with Gasteiger partial charge in [-0.25, -0.2) is 4.98 Å². The van der Waals surface area contributed by atoms with Gasteiger partial charge in [-0.15, -0.1) is 0 Å². The van der Waals surface area contributed by atoms with Crippen LogP contribution in [0.1, 0.15) is 50.2 Å². The lowest BCUT2D eigenvalue weighted by atomic mass is 10.1. The molecule has 1 aliphatic heterocycles. The fourth-order valence-electron chi connectivity index (χ4n) is 2.72. The Hall–Kier alpha value is -1.14. The van der Waals surface area contributed by atoms with E-state index in [1.165, 1.54) is 4.88 Å². The average Bonchev–Trinajstić information content (AvgIpc) is 2.86. The lowest BCUT2D eigenvalue weighted by Gasteiger charge is -2.34. The van der Waals surface area contributed by atoms with E-state index >= 15 is 0 Å². The lowest BCUT2D eigenvalue weighted by Crippen LogP contribution is -2.55. The summed E-state index contributed by atoms with van der Waals surface area (Å²) in [5.41, 5.74) is 1.08. The summed E-state index contributed by atoms with van der Waals surface area (Å²) in [4.78, 5) is 20.1. The molecule has 5 nitrogen and oxygen atoms in total. The maximum absolute atomic E-state index is 12.0. The summed E-state index contributed by atoms with van der Waals surface area (Å²) in [6, 6.07) is 0.228. The highest BCUT2D eigenvalue weighted by Crippen LogP contribution is 2.32. The molecule has 1 aromatic heterocycles. The Morgan fingerprint density at radius 1 is 1.52 bits per heavy atom. The molecule has 1 saturated heterocycles. The molecule has 0 aliphatic carbocycles. The normalized spacial score (nSPS) is 20.5. The Labute approximate surface area is 131 Å². The van der Waals surface area contributed by atoms with Crippen LogP contribution in [0.4, 0.5) is 5.13 Å². The second-order valence-corrected chi connectivity index (χ2v) is 6.54. The van der Waals surface area contributed by atoms with Crippen LogP contribution in [-0.4, -0.2) is 36.6 Å². The van der Waals surface area contributed by atoms with Crippen LogP contribution in [0.3, 0.4) is 0 Å². The van der Waals surface area contributed by atoms with Crippen molar-refractivity contribution in [2.75, 3.05) is 24.5 Å². The van der Waals surface area contributed by atoms with Crippen LogP contribution in [0.25, 0.3) is 0 Å². The van der Waals surface area contributed by atoms with E-state index in [2.05, 4.69) is 43.2 Å². The van der Waals surface area contributed by atoms with Crippen molar-refractivity contribution in [1.29, 1.82) is 0 Å². The second kappa shape index (κ2) is 7.22. The number of carbonyl (C=O) groups is 1. The number of nitrogens with one attached hydrogen (secondary N) is 2. The number of nitrogens with zero attached hydrogens (tertiary/aromatic N) is 2. The molecule has 1 aliphatic rings. The van der Waals surface area contributed by atoms with Crippen LogP contribution in [-0.2, 0) is 4.79 Å². The maximum atomic E-state index is 12.0. The molecule has 0 aromatic carbocycles. The lowest BCUT2D eigenvalue weighted by molar-refractivity contribution is -0.123. The molecule has 21 heavy (non-hydrogen) atoms. The van der Waals surface area contributed by atoms with Gasteiger partial charge in [0.25, 0.3) is 0 Å². The summed E-state index contributed by atoms with van der Waals surface area (Å²) < 4.78 is 0. The van der Waals surface area contributed by atoms with Crippen molar-refractivity contribution in [2.24, 2.45) is 0 Å². The molecule has 2 atom stereocenters. The van der Waals surface area contributed by atoms with Gasteiger partial charge >= 0.3 is 0 Å². The monoisotopic (exact) mass is 310 g/mol. The zero-order valence-corrected chi connectivity index (χ0v) is 14.2. The van der Waals surface area contributed by atoms with Crippen molar-refractivity contribution >= 4 is 22.4 Å². The van der Waals surface area contributed by atoms with Crippen molar-refractivity contribution < 1.29 is 4.79 Å². The van der Waals surface area contributed by atoms with Crippen LogP contribution < -0.4 is 15.5 Å². The fraction of sp³-hybridized carbons (Fsp3) is 0.733. The molecule has 2 rings (SSSR count). The molecule has 118 valence electrons. The SMILES string of the molecule is CCCNC(C)c1sc(N2CCNC(=O)C2CC)nc1C. The highest BCUT2D eigenvalue weighted by Gasteiger charge is 2.30. The molecular formula is C15H26N4OS. The van der Waals surface area contributed by atoms with Crippen molar-refractivity contribution in [2.45, 2.75) is 52.6 Å². The highest BCUT2D eigenvalue weighted by molar-refractivity contribution is 7.15. The zero-order chi connectivity index (χ0) is 15.4. The molecule has 0 saturated carbocycles. The summed E-state index contributed by atoms with van der Waals surface area (Å²) in [5, 5.41) is 7.43. The van der Waals surface area contributed by atoms with Gasteiger partial charge in [-0.2, -0.15) is 0 Å². The summed E-state index contributed by atoms with van der Waals surface area (Å²) in [6.07, 6.45) is 1.93. The number of hydrogen-bond acceptors (Lipinski definition) is 5. The Bertz CT molecular complexity index is 488. The summed E-state index contributed by atoms with van der Waals surface area (Å²) in [7, 11) is 0. The fourth-order valence-corrected chi connectivity index (χ4v) is 3.89. The Morgan fingerprint density at radius 3 is 2.95 bits per heavy atom. The Balaban J connectivity index is 2.18. The average molecular weight is 310 g/mol. The van der Waals surface area contributed by atoms with Crippen molar-refractivity contribution in [3.63, 3.8) is 0 Å². The molecule has 0 spiro atoms. The maximum Gasteiger partial charge on any atom is 0.242 e. The van der Waals surface area contributed by atoms with Gasteiger partial charge in [0.2, 0.25) is 5.91 Å².